The van der Waals surface area contributed by atoms with Gasteiger partial charge in [0, 0.05) is 24.6 Å². The first-order chi connectivity index (χ1) is 7.92. The summed E-state index contributed by atoms with van der Waals surface area (Å²) in [4.78, 5) is 0. The van der Waals surface area contributed by atoms with Crippen LogP contribution in [0, 0.1) is 11.3 Å². The Hall–Kier alpha value is -1.53. The zero-order chi connectivity index (χ0) is 11.8. The molecule has 1 aliphatic rings. The van der Waals surface area contributed by atoms with Crippen LogP contribution in [0.2, 0.25) is 0 Å². The van der Waals surface area contributed by atoms with Crippen LogP contribution < -0.4 is 11.1 Å². The zero-order valence-corrected chi connectivity index (χ0v) is 9.74. The lowest BCUT2D eigenvalue weighted by Gasteiger charge is -2.07. The average Bonchev–Trinajstić information content (AvgIpc) is 2.76. The number of hydrogen-bond donors (Lipinski definition) is 2. The largest absolute Gasteiger partial charge is 0.384 e. The van der Waals surface area contributed by atoms with Gasteiger partial charge in [0.2, 0.25) is 0 Å². The SMILES string of the molecule is CN.N#CCCCC1CNc2ccccc21. The van der Waals surface area contributed by atoms with E-state index >= 15 is 0 Å². The van der Waals surface area contributed by atoms with Gasteiger partial charge in [-0.15, -0.1) is 0 Å². The van der Waals surface area contributed by atoms with Gasteiger partial charge in [-0.2, -0.15) is 5.26 Å². The highest BCUT2D eigenvalue weighted by atomic mass is 14.9. The number of rotatable bonds is 3. The van der Waals surface area contributed by atoms with E-state index in [1.54, 1.807) is 0 Å². The number of unbranched alkanes of at least 4 members (excludes halogenated alkanes) is 1. The molecule has 86 valence electrons. The van der Waals surface area contributed by atoms with E-state index in [0.717, 1.165) is 19.4 Å². The van der Waals surface area contributed by atoms with Gasteiger partial charge in [0.25, 0.3) is 0 Å². The van der Waals surface area contributed by atoms with Gasteiger partial charge in [0.05, 0.1) is 6.07 Å². The maximum atomic E-state index is 8.47. The molecule has 1 aromatic rings. The number of para-hydroxylation sites is 1. The lowest BCUT2D eigenvalue weighted by atomic mass is 9.96. The van der Waals surface area contributed by atoms with Crippen LogP contribution in [0.4, 0.5) is 5.69 Å². The van der Waals surface area contributed by atoms with Crippen molar-refractivity contribution in [2.75, 3.05) is 18.9 Å². The van der Waals surface area contributed by atoms with Crippen LogP contribution in [0.25, 0.3) is 0 Å². The van der Waals surface area contributed by atoms with Crippen LogP contribution in [0.1, 0.15) is 30.7 Å². The third kappa shape index (κ3) is 2.98. The molecule has 3 nitrogen and oxygen atoms in total. The minimum Gasteiger partial charge on any atom is -0.384 e. The first-order valence-corrected chi connectivity index (χ1v) is 5.69. The fourth-order valence-electron chi connectivity index (χ4n) is 2.04. The zero-order valence-electron chi connectivity index (χ0n) is 9.74. The van der Waals surface area contributed by atoms with Crippen LogP contribution >= 0.6 is 0 Å². The third-order valence-corrected chi connectivity index (χ3v) is 2.78. The molecule has 16 heavy (non-hydrogen) atoms. The molecular formula is C13H19N3. The van der Waals surface area contributed by atoms with E-state index in [0.29, 0.717) is 12.3 Å². The third-order valence-electron chi connectivity index (χ3n) is 2.78. The van der Waals surface area contributed by atoms with E-state index in [4.69, 9.17) is 5.26 Å². The fraction of sp³-hybridized carbons (Fsp3) is 0.462. The van der Waals surface area contributed by atoms with Crippen molar-refractivity contribution in [3.63, 3.8) is 0 Å². The van der Waals surface area contributed by atoms with Crippen LogP contribution in [-0.4, -0.2) is 13.6 Å². The van der Waals surface area contributed by atoms with Gasteiger partial charge < -0.3 is 11.1 Å². The maximum absolute atomic E-state index is 8.47. The van der Waals surface area contributed by atoms with E-state index in [2.05, 4.69) is 41.4 Å². The second-order valence-corrected chi connectivity index (χ2v) is 3.72. The molecule has 3 heteroatoms. The summed E-state index contributed by atoms with van der Waals surface area (Å²) in [6.07, 6.45) is 2.81. The number of nitrogens with one attached hydrogen (secondary N) is 1. The van der Waals surface area contributed by atoms with Crippen LogP contribution in [0.5, 0.6) is 0 Å². The van der Waals surface area contributed by atoms with Gasteiger partial charge in [0.15, 0.2) is 0 Å². The number of benzene rings is 1. The molecule has 0 aliphatic carbocycles. The Bertz CT molecular complexity index is 354. The van der Waals surface area contributed by atoms with E-state index in [1.165, 1.54) is 18.3 Å². The van der Waals surface area contributed by atoms with E-state index < -0.39 is 0 Å². The van der Waals surface area contributed by atoms with Gasteiger partial charge in [-0.25, -0.2) is 0 Å². The normalized spacial score (nSPS) is 16.4. The first kappa shape index (κ1) is 12.5. The highest BCUT2D eigenvalue weighted by molar-refractivity contribution is 5.57. The molecule has 0 amide bonds. The summed E-state index contributed by atoms with van der Waals surface area (Å²) in [6.45, 7) is 1.03. The van der Waals surface area contributed by atoms with Gasteiger partial charge in [-0.1, -0.05) is 18.2 Å². The van der Waals surface area contributed by atoms with Crippen molar-refractivity contribution in [1.82, 2.24) is 0 Å². The molecule has 1 aromatic carbocycles. The number of nitrogens with two attached hydrogens (primary N) is 1. The maximum Gasteiger partial charge on any atom is 0.0621 e. The highest BCUT2D eigenvalue weighted by Gasteiger charge is 2.20. The molecule has 0 aromatic heterocycles. The van der Waals surface area contributed by atoms with Gasteiger partial charge in [0.1, 0.15) is 0 Å². The summed E-state index contributed by atoms with van der Waals surface area (Å²) in [6, 6.07) is 10.7. The van der Waals surface area contributed by atoms with Gasteiger partial charge in [-0.3, -0.25) is 0 Å². The number of anilines is 1. The molecule has 1 atom stereocenters. The number of nitriles is 1. The van der Waals surface area contributed by atoms with E-state index in [-0.39, 0.29) is 0 Å². The average molecular weight is 217 g/mol. The van der Waals surface area contributed by atoms with E-state index in [9.17, 15) is 0 Å². The molecule has 1 unspecified atom stereocenters. The molecule has 0 saturated heterocycles. The Balaban J connectivity index is 0.000000606. The Kier molecular flexibility index (Phi) is 5.38. The van der Waals surface area contributed by atoms with Crippen molar-refractivity contribution < 1.29 is 0 Å². The Morgan fingerprint density at radius 3 is 2.94 bits per heavy atom. The van der Waals surface area contributed by atoms with Crippen molar-refractivity contribution in [1.29, 1.82) is 5.26 Å². The van der Waals surface area contributed by atoms with Crippen molar-refractivity contribution in [3.8, 4) is 6.07 Å². The Morgan fingerprint density at radius 1 is 1.44 bits per heavy atom. The van der Waals surface area contributed by atoms with Crippen molar-refractivity contribution in [2.24, 2.45) is 5.73 Å². The molecule has 0 spiro atoms. The second-order valence-electron chi connectivity index (χ2n) is 3.72. The van der Waals surface area contributed by atoms with Crippen molar-refractivity contribution in [2.45, 2.75) is 25.2 Å². The minimum absolute atomic E-state index is 0.611. The summed E-state index contributed by atoms with van der Waals surface area (Å²) < 4.78 is 0. The second kappa shape index (κ2) is 6.86. The molecule has 2 rings (SSSR count). The predicted octanol–water partition coefficient (Wildman–Crippen LogP) is 2.46. The van der Waals surface area contributed by atoms with Crippen molar-refractivity contribution >= 4 is 5.69 Å². The summed E-state index contributed by atoms with van der Waals surface area (Å²) in [5.74, 6) is 0.611. The summed E-state index contributed by atoms with van der Waals surface area (Å²) in [7, 11) is 1.50. The van der Waals surface area contributed by atoms with Gasteiger partial charge in [-0.05, 0) is 31.5 Å². The number of hydrogen-bond acceptors (Lipinski definition) is 3. The Morgan fingerprint density at radius 2 is 2.19 bits per heavy atom. The number of fused-ring (bicyclic) bond motifs is 1. The topological polar surface area (TPSA) is 61.8 Å². The standard InChI is InChI=1S/C12H14N2.CH5N/c13-8-4-3-5-10-9-14-12-7-2-1-6-11(10)12;1-2/h1-2,6-7,10,14H,3-5,9H2;2H2,1H3. The number of nitrogens with zero attached hydrogens (tertiary/aromatic N) is 1. The Labute approximate surface area is 97.3 Å². The van der Waals surface area contributed by atoms with Crippen molar-refractivity contribution in [3.05, 3.63) is 29.8 Å². The predicted molar refractivity (Wildman–Crippen MR) is 67.2 cm³/mol. The quantitative estimate of drug-likeness (QED) is 0.764. The fourth-order valence-corrected chi connectivity index (χ4v) is 2.04. The van der Waals surface area contributed by atoms with Crippen LogP contribution in [-0.2, 0) is 0 Å². The minimum atomic E-state index is 0.611. The smallest absolute Gasteiger partial charge is 0.0621 e. The van der Waals surface area contributed by atoms with E-state index in [1.807, 2.05) is 0 Å². The van der Waals surface area contributed by atoms with Gasteiger partial charge >= 0.3 is 0 Å². The molecular weight excluding hydrogens is 198 g/mol. The van der Waals surface area contributed by atoms with Crippen LogP contribution in [0.15, 0.2) is 24.3 Å². The summed E-state index contributed by atoms with van der Waals surface area (Å²) in [5, 5.41) is 11.9. The molecule has 0 radical (unpaired) electrons. The highest BCUT2D eigenvalue weighted by Crippen LogP contribution is 2.33. The lowest BCUT2D eigenvalue weighted by Crippen LogP contribution is -2.01. The summed E-state index contributed by atoms with van der Waals surface area (Å²) in [5.41, 5.74) is 7.19. The monoisotopic (exact) mass is 217 g/mol. The molecule has 0 bridgehead atoms. The molecule has 1 aliphatic heterocycles. The molecule has 0 saturated carbocycles. The first-order valence-electron chi connectivity index (χ1n) is 5.69. The molecule has 1 heterocycles. The molecule has 0 fully saturated rings. The lowest BCUT2D eigenvalue weighted by molar-refractivity contribution is 0.640. The summed E-state index contributed by atoms with van der Waals surface area (Å²) >= 11 is 0. The molecule has 3 N–H and O–H groups in total. The van der Waals surface area contributed by atoms with Crippen LogP contribution in [0.3, 0.4) is 0 Å².